The van der Waals surface area contributed by atoms with Crippen LogP contribution in [0.4, 0.5) is 0 Å². The molecule has 0 fully saturated rings. The molecule has 0 aliphatic heterocycles. The fourth-order valence-corrected chi connectivity index (χ4v) is 1.67. The summed E-state index contributed by atoms with van der Waals surface area (Å²) in [5.74, 6) is 7.01. The molecule has 122 valence electrons. The van der Waals surface area contributed by atoms with Crippen molar-refractivity contribution in [2.24, 2.45) is 0 Å². The van der Waals surface area contributed by atoms with Gasteiger partial charge in [-0.2, -0.15) is 0 Å². The van der Waals surface area contributed by atoms with Crippen molar-refractivity contribution < 1.29 is 19.2 Å². The topological polar surface area (TPSA) is 41.7 Å². The van der Waals surface area contributed by atoms with Crippen molar-refractivity contribution in [3.63, 3.8) is 0 Å². The molecule has 0 aliphatic carbocycles. The lowest BCUT2D eigenvalue weighted by molar-refractivity contribution is -0.413. The monoisotopic (exact) mass is 314 g/mol. The van der Waals surface area contributed by atoms with Crippen LogP contribution >= 0.6 is 0 Å². The molecule has 1 aromatic carbocycles. The minimum absolute atomic E-state index is 0.339. The van der Waals surface area contributed by atoms with Gasteiger partial charge in [0.25, 0.3) is 0 Å². The third-order valence-electron chi connectivity index (χ3n) is 2.89. The number of ether oxygens (including phenoxy) is 3. The maximum Gasteiger partial charge on any atom is 0.191 e. The van der Waals surface area contributed by atoms with E-state index in [1.807, 2.05) is 62.7 Å². The summed E-state index contributed by atoms with van der Waals surface area (Å²) < 4.78 is 15.7. The SMILES string of the molecule is C/C=C\C(C#Cc1ccc(OCC(OC)OC)cc1)=C/C=[NH+]C. The number of methoxy groups -OCH3 is 2. The number of rotatable bonds is 7. The van der Waals surface area contributed by atoms with Gasteiger partial charge in [-0.05, 0) is 31.2 Å². The van der Waals surface area contributed by atoms with Crippen molar-refractivity contribution in [1.29, 1.82) is 0 Å². The van der Waals surface area contributed by atoms with Gasteiger partial charge in [-0.3, -0.25) is 4.99 Å². The highest BCUT2D eigenvalue weighted by atomic mass is 16.7. The number of benzene rings is 1. The van der Waals surface area contributed by atoms with Gasteiger partial charge in [0.2, 0.25) is 0 Å². The van der Waals surface area contributed by atoms with Gasteiger partial charge in [-0.25, -0.2) is 0 Å². The molecule has 0 saturated heterocycles. The molecular formula is C19H24NO3+. The first-order valence-corrected chi connectivity index (χ1v) is 7.37. The predicted molar refractivity (Wildman–Crippen MR) is 92.5 cm³/mol. The lowest BCUT2D eigenvalue weighted by atomic mass is 10.2. The molecule has 0 heterocycles. The number of nitrogens with one attached hydrogen (secondary N) is 1. The first-order valence-electron chi connectivity index (χ1n) is 7.37. The van der Waals surface area contributed by atoms with E-state index in [-0.39, 0.29) is 6.29 Å². The molecule has 0 amide bonds. The summed E-state index contributed by atoms with van der Waals surface area (Å²) in [6.45, 7) is 2.31. The first-order chi connectivity index (χ1) is 11.2. The molecule has 23 heavy (non-hydrogen) atoms. The van der Waals surface area contributed by atoms with Crippen LogP contribution < -0.4 is 9.73 Å². The van der Waals surface area contributed by atoms with Crippen LogP contribution in [0.5, 0.6) is 5.75 Å². The van der Waals surface area contributed by atoms with Gasteiger partial charge in [-0.1, -0.05) is 24.0 Å². The summed E-state index contributed by atoms with van der Waals surface area (Å²) in [4.78, 5) is 2.95. The van der Waals surface area contributed by atoms with E-state index in [0.717, 1.165) is 16.9 Å². The zero-order chi connectivity index (χ0) is 16.9. The largest absolute Gasteiger partial charge is 0.488 e. The Morgan fingerprint density at radius 3 is 2.48 bits per heavy atom. The van der Waals surface area contributed by atoms with Crippen molar-refractivity contribution in [3.8, 4) is 17.6 Å². The molecule has 1 N–H and O–H groups in total. The quantitative estimate of drug-likeness (QED) is 0.357. The van der Waals surface area contributed by atoms with Crippen molar-refractivity contribution in [1.82, 2.24) is 0 Å². The van der Waals surface area contributed by atoms with Crippen LogP contribution in [0.15, 0.2) is 48.1 Å². The number of hydrogen-bond donors (Lipinski definition) is 1. The van der Waals surface area contributed by atoms with E-state index in [9.17, 15) is 0 Å². The molecule has 4 nitrogen and oxygen atoms in total. The van der Waals surface area contributed by atoms with E-state index < -0.39 is 0 Å². The second kappa shape index (κ2) is 11.2. The highest BCUT2D eigenvalue weighted by Crippen LogP contribution is 2.12. The Balaban J connectivity index is 2.72. The fourth-order valence-electron chi connectivity index (χ4n) is 1.67. The van der Waals surface area contributed by atoms with Crippen LogP contribution in [-0.2, 0) is 9.47 Å². The van der Waals surface area contributed by atoms with Gasteiger partial charge < -0.3 is 14.2 Å². The van der Waals surface area contributed by atoms with E-state index in [1.165, 1.54) is 0 Å². The summed E-state index contributed by atoms with van der Waals surface area (Å²) in [6, 6.07) is 7.61. The standard InChI is InChI=1S/C19H23NO3/c1-5-6-16(13-14-20-2)7-8-17-9-11-18(12-10-17)23-15-19(21-3)22-4/h5-6,9-14,19H,15H2,1-4H3/p+1/b6-5-,16-13+,20-14?. The van der Waals surface area contributed by atoms with E-state index in [1.54, 1.807) is 14.2 Å². The van der Waals surface area contributed by atoms with Crippen LogP contribution in [0.3, 0.4) is 0 Å². The van der Waals surface area contributed by atoms with Crippen LogP contribution in [0.1, 0.15) is 12.5 Å². The highest BCUT2D eigenvalue weighted by Gasteiger charge is 2.05. The molecule has 1 aromatic rings. The molecule has 0 aromatic heterocycles. The van der Waals surface area contributed by atoms with E-state index in [0.29, 0.717) is 6.61 Å². The van der Waals surface area contributed by atoms with Gasteiger partial charge in [0.05, 0.1) is 0 Å². The molecular weight excluding hydrogens is 290 g/mol. The van der Waals surface area contributed by atoms with Gasteiger partial charge in [0, 0.05) is 31.4 Å². The molecule has 0 atom stereocenters. The molecule has 0 saturated carbocycles. The normalized spacial score (nSPS) is 12.0. The van der Waals surface area contributed by atoms with Crippen LogP contribution in [0, 0.1) is 11.8 Å². The third-order valence-corrected chi connectivity index (χ3v) is 2.89. The first kappa shape index (κ1) is 18.7. The summed E-state index contributed by atoms with van der Waals surface area (Å²) in [5, 5.41) is 0. The Kier molecular flexibility index (Phi) is 9.14. The number of allylic oxidation sites excluding steroid dienone is 4. The Labute approximate surface area is 138 Å². The molecule has 4 heteroatoms. The van der Waals surface area contributed by atoms with Crippen LogP contribution in [-0.4, -0.2) is 40.4 Å². The van der Waals surface area contributed by atoms with Crippen LogP contribution in [0.25, 0.3) is 0 Å². The van der Waals surface area contributed by atoms with Crippen LogP contribution in [0.2, 0.25) is 0 Å². The van der Waals surface area contributed by atoms with Gasteiger partial charge in [-0.15, -0.1) is 0 Å². The van der Waals surface area contributed by atoms with Gasteiger partial charge in [0.1, 0.15) is 19.4 Å². The van der Waals surface area contributed by atoms with Crippen molar-refractivity contribution in [2.45, 2.75) is 13.2 Å². The second-order valence-electron chi connectivity index (χ2n) is 4.56. The summed E-state index contributed by atoms with van der Waals surface area (Å²) in [7, 11) is 5.02. The highest BCUT2D eigenvalue weighted by molar-refractivity contribution is 5.70. The Hall–Kier alpha value is -2.35. The average molecular weight is 314 g/mol. The van der Waals surface area contributed by atoms with Crippen molar-refractivity contribution in [3.05, 3.63) is 53.6 Å². The molecule has 0 spiro atoms. The molecule has 1 rings (SSSR count). The lowest BCUT2D eigenvalue weighted by Gasteiger charge is -2.14. The average Bonchev–Trinajstić information content (AvgIpc) is 2.59. The number of hydrogen-bond acceptors (Lipinski definition) is 3. The lowest BCUT2D eigenvalue weighted by Crippen LogP contribution is -2.62. The smallest absolute Gasteiger partial charge is 0.191 e. The minimum atomic E-state index is -0.369. The summed E-state index contributed by atoms with van der Waals surface area (Å²) in [6.07, 6.45) is 7.34. The van der Waals surface area contributed by atoms with Gasteiger partial charge >= 0.3 is 0 Å². The Morgan fingerprint density at radius 1 is 1.22 bits per heavy atom. The third kappa shape index (κ3) is 7.46. The Bertz CT molecular complexity index is 600. The maximum absolute atomic E-state index is 5.59. The zero-order valence-electron chi connectivity index (χ0n) is 14.1. The van der Waals surface area contributed by atoms with Crippen molar-refractivity contribution >= 4 is 6.21 Å². The summed E-state index contributed by atoms with van der Waals surface area (Å²) in [5.41, 5.74) is 1.86. The van der Waals surface area contributed by atoms with Crippen molar-refractivity contribution in [2.75, 3.05) is 27.9 Å². The fraction of sp³-hybridized carbons (Fsp3) is 0.316. The molecule has 0 unspecified atom stereocenters. The molecule has 0 radical (unpaired) electrons. The molecule has 0 bridgehead atoms. The predicted octanol–water partition coefficient (Wildman–Crippen LogP) is 1.32. The van der Waals surface area contributed by atoms with E-state index in [4.69, 9.17) is 14.2 Å². The zero-order valence-corrected chi connectivity index (χ0v) is 14.1. The summed E-state index contributed by atoms with van der Waals surface area (Å²) >= 11 is 0. The second-order valence-corrected chi connectivity index (χ2v) is 4.56. The Morgan fingerprint density at radius 2 is 1.91 bits per heavy atom. The van der Waals surface area contributed by atoms with E-state index in [2.05, 4.69) is 16.8 Å². The maximum atomic E-state index is 5.59. The van der Waals surface area contributed by atoms with E-state index >= 15 is 0 Å². The minimum Gasteiger partial charge on any atom is -0.488 e. The molecule has 0 aliphatic rings. The van der Waals surface area contributed by atoms with Gasteiger partial charge in [0.15, 0.2) is 12.5 Å².